The highest BCUT2D eigenvalue weighted by Crippen LogP contribution is 2.38. The molecule has 4 heteroatoms. The summed E-state index contributed by atoms with van der Waals surface area (Å²) in [4.78, 5) is 0. The first kappa shape index (κ1) is 25.9. The van der Waals surface area contributed by atoms with Crippen LogP contribution in [-0.4, -0.2) is 22.5 Å². The Balaban J connectivity index is 2.63. The summed E-state index contributed by atoms with van der Waals surface area (Å²) in [5.74, 6) is 3.46. The predicted octanol–water partition coefficient (Wildman–Crippen LogP) is 6.71. The Morgan fingerprint density at radius 3 is 1.84 bits per heavy atom. The standard InChI is InChI=1S/C27H35IOSi2/c1-27(2,3)31(25-18-9-7-10-19-25,26-20-11-8-12-21-26)29-24(16-13-14-22-28)17-15-23-30(4,5)6/h7-14,16,18-22,24H,17H2,1-6H3/b16-13+,22-14+/t24-/m0/s1. The molecule has 0 fully saturated rings. The number of allylic oxidation sites excluding steroid dienone is 2. The third-order valence-electron chi connectivity index (χ3n) is 5.02. The Morgan fingerprint density at radius 1 is 0.903 bits per heavy atom. The minimum atomic E-state index is -2.60. The molecule has 0 spiro atoms. The van der Waals surface area contributed by atoms with E-state index in [2.05, 4.69) is 147 Å². The maximum atomic E-state index is 7.26. The molecule has 0 N–H and O–H groups in total. The molecule has 164 valence electrons. The van der Waals surface area contributed by atoms with E-state index in [4.69, 9.17) is 4.43 Å². The normalized spacial score (nSPS) is 13.9. The summed E-state index contributed by atoms with van der Waals surface area (Å²) in [5, 5.41) is 2.55. The van der Waals surface area contributed by atoms with E-state index in [0.29, 0.717) is 6.42 Å². The lowest BCUT2D eigenvalue weighted by Crippen LogP contribution is -2.67. The summed E-state index contributed by atoms with van der Waals surface area (Å²) in [7, 11) is -4.03. The molecule has 0 saturated heterocycles. The van der Waals surface area contributed by atoms with Crippen LogP contribution in [0.4, 0.5) is 0 Å². The fraction of sp³-hybridized carbons (Fsp3) is 0.333. The van der Waals surface area contributed by atoms with E-state index in [1.165, 1.54) is 10.4 Å². The molecule has 0 aliphatic rings. The summed E-state index contributed by atoms with van der Waals surface area (Å²) in [6.45, 7) is 13.8. The average Bonchev–Trinajstić information content (AvgIpc) is 2.71. The molecule has 0 aliphatic heterocycles. The molecule has 0 unspecified atom stereocenters. The maximum absolute atomic E-state index is 7.26. The van der Waals surface area contributed by atoms with Crippen LogP contribution in [0.15, 0.2) is 83.0 Å². The zero-order valence-electron chi connectivity index (χ0n) is 19.7. The van der Waals surface area contributed by atoms with Crippen molar-refractivity contribution in [3.8, 4) is 11.5 Å². The van der Waals surface area contributed by atoms with Crippen molar-refractivity contribution < 1.29 is 4.43 Å². The lowest BCUT2D eigenvalue weighted by atomic mass is 10.2. The van der Waals surface area contributed by atoms with E-state index in [9.17, 15) is 0 Å². The van der Waals surface area contributed by atoms with Crippen molar-refractivity contribution in [1.29, 1.82) is 0 Å². The Labute approximate surface area is 205 Å². The summed E-state index contributed by atoms with van der Waals surface area (Å²) in [5.41, 5.74) is 3.52. The molecule has 1 atom stereocenters. The summed E-state index contributed by atoms with van der Waals surface area (Å²) < 4.78 is 9.28. The minimum absolute atomic E-state index is 0.0485. The molecule has 0 bridgehead atoms. The highest BCUT2D eigenvalue weighted by molar-refractivity contribution is 14.1. The molecule has 1 nitrogen and oxygen atoms in total. The van der Waals surface area contributed by atoms with Gasteiger partial charge in [-0.25, -0.2) is 0 Å². The van der Waals surface area contributed by atoms with Crippen molar-refractivity contribution >= 4 is 49.4 Å². The molecule has 0 saturated carbocycles. The molecule has 0 radical (unpaired) electrons. The van der Waals surface area contributed by atoms with Gasteiger partial charge in [-0.1, -0.05) is 142 Å². The molecule has 31 heavy (non-hydrogen) atoms. The number of rotatable bonds is 7. The third kappa shape index (κ3) is 7.32. The monoisotopic (exact) mass is 558 g/mol. The van der Waals surface area contributed by atoms with Gasteiger partial charge in [0.05, 0.1) is 6.10 Å². The van der Waals surface area contributed by atoms with Crippen molar-refractivity contribution in [2.75, 3.05) is 0 Å². The van der Waals surface area contributed by atoms with Gasteiger partial charge < -0.3 is 4.43 Å². The van der Waals surface area contributed by atoms with Crippen LogP contribution < -0.4 is 10.4 Å². The van der Waals surface area contributed by atoms with Gasteiger partial charge in [-0.3, -0.25) is 0 Å². The fourth-order valence-electron chi connectivity index (χ4n) is 3.71. The molecule has 0 aromatic heterocycles. The zero-order chi connectivity index (χ0) is 23.0. The Morgan fingerprint density at radius 2 is 1.42 bits per heavy atom. The Kier molecular flexibility index (Phi) is 9.56. The van der Waals surface area contributed by atoms with Gasteiger partial charge in [0.25, 0.3) is 8.32 Å². The summed E-state index contributed by atoms with van der Waals surface area (Å²) in [6.07, 6.45) is 6.95. The topological polar surface area (TPSA) is 9.23 Å². The highest BCUT2D eigenvalue weighted by Gasteiger charge is 2.51. The molecule has 0 amide bonds. The number of halogens is 1. The van der Waals surface area contributed by atoms with Crippen LogP contribution in [0.25, 0.3) is 0 Å². The number of benzene rings is 2. The van der Waals surface area contributed by atoms with Crippen LogP contribution in [-0.2, 0) is 4.43 Å². The van der Waals surface area contributed by atoms with Gasteiger partial charge in [-0.2, -0.15) is 0 Å². The van der Waals surface area contributed by atoms with Crippen LogP contribution in [0.3, 0.4) is 0 Å². The average molecular weight is 559 g/mol. The molecular formula is C27H35IOSi2. The first-order valence-electron chi connectivity index (χ1n) is 10.8. The molecule has 0 heterocycles. The van der Waals surface area contributed by atoms with E-state index >= 15 is 0 Å². The van der Waals surface area contributed by atoms with Gasteiger partial charge in [-0.15, -0.1) is 11.5 Å². The van der Waals surface area contributed by atoms with E-state index in [1.54, 1.807) is 0 Å². The van der Waals surface area contributed by atoms with Crippen LogP contribution in [0, 0.1) is 11.5 Å². The van der Waals surface area contributed by atoms with Crippen molar-refractivity contribution in [3.05, 3.63) is 83.0 Å². The maximum Gasteiger partial charge on any atom is 0.261 e. The number of hydrogen-bond donors (Lipinski definition) is 0. The van der Waals surface area contributed by atoms with E-state index < -0.39 is 16.4 Å². The molecule has 2 aromatic carbocycles. The zero-order valence-corrected chi connectivity index (χ0v) is 23.8. The smallest absolute Gasteiger partial charge is 0.261 e. The largest absolute Gasteiger partial charge is 0.400 e. The Bertz CT molecular complexity index is 887. The summed E-state index contributed by atoms with van der Waals surface area (Å²) in [6, 6.07) is 21.6. The second-order valence-corrected chi connectivity index (χ2v) is 19.5. The Hall–Kier alpha value is -1.40. The van der Waals surface area contributed by atoms with Crippen molar-refractivity contribution in [1.82, 2.24) is 0 Å². The SMILES string of the molecule is CC(C)(C)[Si](O[C@@H](/C=C/C=C/I)CC#C[Si](C)(C)C)(c1ccccc1)c1ccccc1. The van der Waals surface area contributed by atoms with Crippen molar-refractivity contribution in [3.63, 3.8) is 0 Å². The first-order valence-corrected chi connectivity index (χ1v) is 17.5. The summed E-state index contributed by atoms with van der Waals surface area (Å²) >= 11 is 2.25. The van der Waals surface area contributed by atoms with Gasteiger partial charge in [0.1, 0.15) is 8.07 Å². The lowest BCUT2D eigenvalue weighted by Gasteiger charge is -2.44. The van der Waals surface area contributed by atoms with Gasteiger partial charge in [-0.05, 0) is 19.5 Å². The fourth-order valence-corrected chi connectivity index (χ4v) is 9.22. The van der Waals surface area contributed by atoms with E-state index in [1.807, 2.05) is 10.2 Å². The van der Waals surface area contributed by atoms with Crippen molar-refractivity contribution in [2.24, 2.45) is 0 Å². The first-order chi connectivity index (χ1) is 14.6. The quantitative estimate of drug-likeness (QED) is 0.159. The van der Waals surface area contributed by atoms with Gasteiger partial charge in [0.2, 0.25) is 0 Å². The van der Waals surface area contributed by atoms with Gasteiger partial charge in [0.15, 0.2) is 0 Å². The predicted molar refractivity (Wildman–Crippen MR) is 151 cm³/mol. The second kappa shape index (κ2) is 11.5. The molecule has 2 aromatic rings. The molecule has 0 aliphatic carbocycles. The number of hydrogen-bond acceptors (Lipinski definition) is 1. The van der Waals surface area contributed by atoms with Crippen LogP contribution in [0.1, 0.15) is 27.2 Å². The molecule has 2 rings (SSSR count). The highest BCUT2D eigenvalue weighted by atomic mass is 127. The van der Waals surface area contributed by atoms with Crippen LogP contribution in [0.2, 0.25) is 24.7 Å². The van der Waals surface area contributed by atoms with Crippen LogP contribution in [0.5, 0.6) is 0 Å². The van der Waals surface area contributed by atoms with Crippen molar-refractivity contribution in [2.45, 2.75) is 58.0 Å². The third-order valence-corrected chi connectivity index (χ3v) is 11.4. The van der Waals surface area contributed by atoms with E-state index in [-0.39, 0.29) is 11.1 Å². The van der Waals surface area contributed by atoms with Crippen LogP contribution >= 0.6 is 22.6 Å². The van der Waals surface area contributed by atoms with Gasteiger partial charge >= 0.3 is 0 Å². The van der Waals surface area contributed by atoms with E-state index in [0.717, 1.165) is 0 Å². The molecular weight excluding hydrogens is 523 g/mol. The lowest BCUT2D eigenvalue weighted by molar-refractivity contribution is 0.238. The van der Waals surface area contributed by atoms with Gasteiger partial charge in [0, 0.05) is 6.42 Å². The second-order valence-electron chi connectivity index (χ2n) is 9.78. The minimum Gasteiger partial charge on any atom is -0.400 e.